The molecule has 0 bridgehead atoms. The molecule has 0 unspecified atom stereocenters. The topological polar surface area (TPSA) is 126 Å². The van der Waals surface area contributed by atoms with Crippen LogP contribution in [0, 0.1) is 23.7 Å². The van der Waals surface area contributed by atoms with Gasteiger partial charge in [0.25, 0.3) is 0 Å². The summed E-state index contributed by atoms with van der Waals surface area (Å²) >= 11 is 0. The van der Waals surface area contributed by atoms with Crippen LogP contribution in [0.4, 0.5) is 0 Å². The van der Waals surface area contributed by atoms with E-state index < -0.39 is 0 Å². The van der Waals surface area contributed by atoms with E-state index >= 15 is 0 Å². The molecule has 0 atom stereocenters. The molecule has 4 aromatic rings. The zero-order valence-corrected chi connectivity index (χ0v) is 25.9. The van der Waals surface area contributed by atoms with Crippen molar-refractivity contribution in [1.29, 1.82) is 10.8 Å². The minimum absolute atomic E-state index is 0.0240. The number of nitrogens with one attached hydrogen (secondary N) is 5. The third-order valence-corrected chi connectivity index (χ3v) is 7.90. The van der Waals surface area contributed by atoms with Crippen LogP contribution in [-0.2, 0) is 17.8 Å². The van der Waals surface area contributed by atoms with Crippen LogP contribution in [0.1, 0.15) is 36.0 Å². The molecule has 0 aliphatic carbocycles. The van der Waals surface area contributed by atoms with E-state index in [0.717, 1.165) is 37.1 Å². The first-order chi connectivity index (χ1) is 21.4. The van der Waals surface area contributed by atoms with Gasteiger partial charge in [0.1, 0.15) is 23.2 Å². The van der Waals surface area contributed by atoms with Gasteiger partial charge in [-0.25, -0.2) is 0 Å². The van der Waals surface area contributed by atoms with Crippen LogP contribution in [0.15, 0.2) is 79.0 Å². The van der Waals surface area contributed by atoms with Crippen LogP contribution in [-0.4, -0.2) is 61.3 Å². The molecular weight excluding hydrogens is 552 g/mol. The number of rotatable bonds is 10. The summed E-state index contributed by atoms with van der Waals surface area (Å²) in [7, 11) is 3.19. The number of benzene rings is 3. The van der Waals surface area contributed by atoms with Gasteiger partial charge in [0.15, 0.2) is 0 Å². The van der Waals surface area contributed by atoms with E-state index in [2.05, 4.69) is 40.7 Å². The van der Waals surface area contributed by atoms with Gasteiger partial charge in [-0.15, -0.1) is 0 Å². The number of hydrogen-bond acceptors (Lipinski definition) is 6. The Morgan fingerprint density at radius 2 is 1.68 bits per heavy atom. The largest absolute Gasteiger partial charge is 0.497 e. The number of ether oxygens (including phenoxy) is 2. The van der Waals surface area contributed by atoms with E-state index in [0.29, 0.717) is 36.7 Å². The van der Waals surface area contributed by atoms with Crippen LogP contribution in [0.25, 0.3) is 10.9 Å². The quantitative estimate of drug-likeness (QED) is 0.119. The van der Waals surface area contributed by atoms with Crippen molar-refractivity contribution in [2.75, 3.05) is 33.9 Å². The first-order valence-electron chi connectivity index (χ1n) is 15.1. The molecule has 1 aliphatic rings. The lowest BCUT2D eigenvalue weighted by atomic mass is 9.97. The minimum atomic E-state index is -0.0262. The molecule has 1 fully saturated rings. The molecule has 1 amide bonds. The summed E-state index contributed by atoms with van der Waals surface area (Å²) in [5.41, 5.74) is 4.51. The molecule has 5 rings (SSSR count). The van der Waals surface area contributed by atoms with E-state index in [9.17, 15) is 4.79 Å². The van der Waals surface area contributed by atoms with Crippen molar-refractivity contribution in [1.82, 2.24) is 20.5 Å². The number of methoxy groups -OCH3 is 2. The van der Waals surface area contributed by atoms with Gasteiger partial charge in [0, 0.05) is 41.1 Å². The molecule has 0 spiro atoms. The number of carbonyl (C=O) groups excluding carboxylic acids is 1. The first-order valence-corrected chi connectivity index (χ1v) is 15.1. The van der Waals surface area contributed by atoms with E-state index in [1.165, 1.54) is 16.5 Å². The number of para-hydroxylation sites is 1. The standard InChI is InChI=1S/C26H35N5O3.C9H9N/c1-33-22-10-9-21(23(16-22)34-2)18-31(24(27)11-8-19-6-4-3-5-7-19)25(28)17-30-26(32)20-12-14-29-15-13-20;1-7-6-10-9-5-3-2-4-8(7)9/h3-7,9-10,16,20,27-29H,8,11-15,17-18H2,1-2H3,(H,30,32);2-6,10H,1H3. The van der Waals surface area contributed by atoms with Gasteiger partial charge in [0.2, 0.25) is 5.91 Å². The lowest BCUT2D eigenvalue weighted by Crippen LogP contribution is -2.45. The second-order valence-electron chi connectivity index (χ2n) is 10.9. The number of aromatic amines is 1. The maximum absolute atomic E-state index is 12.6. The number of carbonyl (C=O) groups is 1. The highest BCUT2D eigenvalue weighted by molar-refractivity contribution is 6.00. The number of aromatic nitrogens is 1. The van der Waals surface area contributed by atoms with Crippen LogP contribution in [0.5, 0.6) is 11.5 Å². The molecule has 0 radical (unpaired) electrons. The molecule has 5 N–H and O–H groups in total. The molecule has 2 heterocycles. The maximum Gasteiger partial charge on any atom is 0.223 e. The average molecular weight is 597 g/mol. The Kier molecular flexibility index (Phi) is 11.9. The molecule has 1 saturated heterocycles. The zero-order valence-electron chi connectivity index (χ0n) is 25.9. The van der Waals surface area contributed by atoms with Gasteiger partial charge in [-0.3, -0.25) is 15.6 Å². The number of fused-ring (bicyclic) bond motifs is 1. The molecule has 9 nitrogen and oxygen atoms in total. The highest BCUT2D eigenvalue weighted by atomic mass is 16.5. The predicted molar refractivity (Wildman–Crippen MR) is 177 cm³/mol. The lowest BCUT2D eigenvalue weighted by molar-refractivity contribution is -0.125. The maximum atomic E-state index is 12.6. The molecule has 1 aliphatic heterocycles. The van der Waals surface area contributed by atoms with Crippen LogP contribution in [0.3, 0.4) is 0 Å². The molecule has 44 heavy (non-hydrogen) atoms. The fraction of sp³-hybridized carbons (Fsp3) is 0.343. The molecule has 3 aromatic carbocycles. The van der Waals surface area contributed by atoms with Crippen molar-refractivity contribution in [2.45, 2.75) is 39.2 Å². The third kappa shape index (κ3) is 8.94. The summed E-state index contributed by atoms with van der Waals surface area (Å²) in [6.07, 6.45) is 4.82. The summed E-state index contributed by atoms with van der Waals surface area (Å²) in [5.74, 6) is 1.76. The summed E-state index contributed by atoms with van der Waals surface area (Å²) in [6, 6.07) is 23.8. The van der Waals surface area contributed by atoms with E-state index in [1.807, 2.05) is 54.7 Å². The van der Waals surface area contributed by atoms with Gasteiger partial charge in [0.05, 0.1) is 27.3 Å². The summed E-state index contributed by atoms with van der Waals surface area (Å²) in [4.78, 5) is 17.4. The van der Waals surface area contributed by atoms with E-state index in [4.69, 9.17) is 20.3 Å². The Balaban J connectivity index is 0.000000369. The van der Waals surface area contributed by atoms with Crippen molar-refractivity contribution in [2.24, 2.45) is 5.92 Å². The third-order valence-electron chi connectivity index (χ3n) is 7.90. The predicted octanol–water partition coefficient (Wildman–Crippen LogP) is 5.69. The Bertz CT molecular complexity index is 1530. The normalized spacial score (nSPS) is 13.0. The zero-order chi connectivity index (χ0) is 31.3. The molecule has 1 aromatic heterocycles. The Morgan fingerprint density at radius 1 is 0.955 bits per heavy atom. The fourth-order valence-corrected chi connectivity index (χ4v) is 5.26. The van der Waals surface area contributed by atoms with Crippen LogP contribution < -0.4 is 20.1 Å². The average Bonchev–Trinajstić information content (AvgIpc) is 3.46. The van der Waals surface area contributed by atoms with Crippen molar-refractivity contribution in [3.8, 4) is 11.5 Å². The number of hydrogen-bond donors (Lipinski definition) is 5. The highest BCUT2D eigenvalue weighted by Crippen LogP contribution is 2.26. The smallest absolute Gasteiger partial charge is 0.223 e. The Hall–Kier alpha value is -4.63. The van der Waals surface area contributed by atoms with Crippen molar-refractivity contribution in [3.05, 3.63) is 95.7 Å². The van der Waals surface area contributed by atoms with Crippen molar-refractivity contribution >= 4 is 28.5 Å². The summed E-state index contributed by atoms with van der Waals surface area (Å²) in [5, 5.41) is 25.0. The van der Waals surface area contributed by atoms with Gasteiger partial charge in [-0.1, -0.05) is 48.5 Å². The second kappa shape index (κ2) is 16.3. The Labute approximate surface area is 260 Å². The number of H-pyrrole nitrogens is 1. The number of amides is 1. The minimum Gasteiger partial charge on any atom is -0.497 e. The second-order valence-corrected chi connectivity index (χ2v) is 10.9. The van der Waals surface area contributed by atoms with Gasteiger partial charge in [-0.05, 0) is 68.6 Å². The number of aryl methyl sites for hydroxylation is 2. The van der Waals surface area contributed by atoms with Gasteiger partial charge in [-0.2, -0.15) is 0 Å². The van der Waals surface area contributed by atoms with Gasteiger partial charge >= 0.3 is 0 Å². The molecular formula is C35H44N6O3. The van der Waals surface area contributed by atoms with Crippen LogP contribution >= 0.6 is 0 Å². The SMILES string of the molecule is COc1ccc(CN(C(=N)CCc2ccccc2)C(=N)CNC(=O)C2CCNCC2)c(OC)c1.Cc1c[nH]c2ccccc12. The summed E-state index contributed by atoms with van der Waals surface area (Å²) in [6.45, 7) is 4.16. The van der Waals surface area contributed by atoms with Crippen molar-refractivity contribution < 1.29 is 14.3 Å². The molecule has 0 saturated carbocycles. The lowest BCUT2D eigenvalue weighted by Gasteiger charge is -2.28. The first kappa shape index (κ1) is 32.3. The monoisotopic (exact) mass is 596 g/mol. The van der Waals surface area contributed by atoms with Gasteiger partial charge < -0.3 is 30.0 Å². The Morgan fingerprint density at radius 3 is 2.39 bits per heavy atom. The highest BCUT2D eigenvalue weighted by Gasteiger charge is 2.23. The van der Waals surface area contributed by atoms with Crippen LogP contribution in [0.2, 0.25) is 0 Å². The summed E-state index contributed by atoms with van der Waals surface area (Å²) < 4.78 is 10.8. The van der Waals surface area contributed by atoms with E-state index in [-0.39, 0.29) is 24.2 Å². The molecule has 9 heteroatoms. The van der Waals surface area contributed by atoms with E-state index in [1.54, 1.807) is 25.2 Å². The molecule has 232 valence electrons. The number of nitrogens with zero attached hydrogens (tertiary/aromatic N) is 1. The number of piperidine rings is 1. The number of amidine groups is 2. The van der Waals surface area contributed by atoms with Crippen molar-refractivity contribution in [3.63, 3.8) is 0 Å². The fourth-order valence-electron chi connectivity index (χ4n) is 5.26.